The normalized spacial score (nSPS) is 10.1. The quantitative estimate of drug-likeness (QED) is 0.547. The summed E-state index contributed by atoms with van der Waals surface area (Å²) in [6.07, 6.45) is 2.20. The number of hydrogen-bond acceptors (Lipinski definition) is 2. The van der Waals surface area contributed by atoms with Crippen LogP contribution in [0.3, 0.4) is 0 Å². The first kappa shape index (κ1) is 12.2. The van der Waals surface area contributed by atoms with E-state index in [4.69, 9.17) is 16.3 Å². The first-order valence-corrected chi connectivity index (χ1v) is 5.72. The number of ether oxygens (including phenoxy) is 1. The van der Waals surface area contributed by atoms with Crippen molar-refractivity contribution in [2.75, 3.05) is 31.5 Å². The van der Waals surface area contributed by atoms with Crippen LogP contribution in [0.5, 0.6) is 5.75 Å². The van der Waals surface area contributed by atoms with Crippen LogP contribution in [0, 0.1) is 0 Å². The SMILES string of the molecule is COc1ccc(N(C)CCCCCl)cc1. The van der Waals surface area contributed by atoms with E-state index in [-0.39, 0.29) is 0 Å². The molecule has 1 aromatic rings. The minimum Gasteiger partial charge on any atom is -0.497 e. The van der Waals surface area contributed by atoms with E-state index in [0.717, 1.165) is 31.0 Å². The second-order valence-corrected chi connectivity index (χ2v) is 3.89. The molecule has 0 unspecified atom stereocenters. The van der Waals surface area contributed by atoms with E-state index in [1.54, 1.807) is 7.11 Å². The molecule has 0 radical (unpaired) electrons. The summed E-state index contributed by atoms with van der Waals surface area (Å²) >= 11 is 5.64. The molecule has 84 valence electrons. The van der Waals surface area contributed by atoms with Crippen LogP contribution in [0.15, 0.2) is 24.3 Å². The molecule has 0 amide bonds. The lowest BCUT2D eigenvalue weighted by atomic mass is 10.2. The fraction of sp³-hybridized carbons (Fsp3) is 0.500. The third-order valence-electron chi connectivity index (χ3n) is 2.39. The topological polar surface area (TPSA) is 12.5 Å². The average Bonchev–Trinajstić information content (AvgIpc) is 2.29. The van der Waals surface area contributed by atoms with Gasteiger partial charge in [-0.1, -0.05) is 0 Å². The third-order valence-corrected chi connectivity index (χ3v) is 2.66. The largest absolute Gasteiger partial charge is 0.497 e. The molecule has 0 aromatic heterocycles. The second kappa shape index (κ2) is 6.57. The molecule has 0 aliphatic heterocycles. The first-order chi connectivity index (χ1) is 7.27. The lowest BCUT2D eigenvalue weighted by molar-refractivity contribution is 0.415. The highest BCUT2D eigenvalue weighted by atomic mass is 35.5. The lowest BCUT2D eigenvalue weighted by Crippen LogP contribution is -2.18. The molecule has 1 rings (SSSR count). The minimum atomic E-state index is 0.746. The molecule has 0 atom stereocenters. The Bertz CT molecular complexity index is 273. The Morgan fingerprint density at radius 2 is 1.87 bits per heavy atom. The summed E-state index contributed by atoms with van der Waals surface area (Å²) in [5.74, 6) is 1.64. The van der Waals surface area contributed by atoms with Crippen molar-refractivity contribution in [3.8, 4) is 5.75 Å². The first-order valence-electron chi connectivity index (χ1n) is 5.19. The van der Waals surface area contributed by atoms with Gasteiger partial charge in [0.1, 0.15) is 5.75 Å². The number of unbranched alkanes of at least 4 members (excludes halogenated alkanes) is 1. The molecule has 0 aliphatic rings. The Balaban J connectivity index is 2.46. The van der Waals surface area contributed by atoms with Crippen LogP contribution in [-0.2, 0) is 0 Å². The van der Waals surface area contributed by atoms with Gasteiger partial charge in [0, 0.05) is 25.2 Å². The molecule has 3 heteroatoms. The zero-order chi connectivity index (χ0) is 11.1. The molecule has 0 spiro atoms. The molecular formula is C12H18ClNO. The van der Waals surface area contributed by atoms with Gasteiger partial charge in [-0.25, -0.2) is 0 Å². The number of nitrogens with zero attached hydrogens (tertiary/aromatic N) is 1. The van der Waals surface area contributed by atoms with Crippen molar-refractivity contribution >= 4 is 17.3 Å². The molecule has 0 fully saturated rings. The smallest absolute Gasteiger partial charge is 0.119 e. The Kier molecular flexibility index (Phi) is 5.33. The van der Waals surface area contributed by atoms with E-state index in [2.05, 4.69) is 24.1 Å². The van der Waals surface area contributed by atoms with Gasteiger partial charge in [0.15, 0.2) is 0 Å². The lowest BCUT2D eigenvalue weighted by Gasteiger charge is -2.19. The van der Waals surface area contributed by atoms with E-state index >= 15 is 0 Å². The van der Waals surface area contributed by atoms with Gasteiger partial charge in [0.2, 0.25) is 0 Å². The fourth-order valence-corrected chi connectivity index (χ4v) is 1.60. The highest BCUT2D eigenvalue weighted by Crippen LogP contribution is 2.18. The summed E-state index contributed by atoms with van der Waals surface area (Å²) in [4.78, 5) is 2.23. The van der Waals surface area contributed by atoms with Gasteiger partial charge in [-0.3, -0.25) is 0 Å². The molecule has 0 bridgehead atoms. The van der Waals surface area contributed by atoms with Gasteiger partial charge in [0.05, 0.1) is 7.11 Å². The molecule has 0 saturated heterocycles. The number of rotatable bonds is 6. The molecule has 15 heavy (non-hydrogen) atoms. The maximum Gasteiger partial charge on any atom is 0.119 e. The second-order valence-electron chi connectivity index (χ2n) is 3.52. The summed E-state index contributed by atoms with van der Waals surface area (Å²) in [5, 5.41) is 0. The standard InChI is InChI=1S/C12H18ClNO/c1-14(10-4-3-9-13)11-5-7-12(15-2)8-6-11/h5-8H,3-4,9-10H2,1-2H3. The van der Waals surface area contributed by atoms with Gasteiger partial charge < -0.3 is 9.64 Å². The molecule has 2 nitrogen and oxygen atoms in total. The Morgan fingerprint density at radius 1 is 1.20 bits per heavy atom. The van der Waals surface area contributed by atoms with Crippen LogP contribution >= 0.6 is 11.6 Å². The van der Waals surface area contributed by atoms with E-state index in [1.807, 2.05) is 12.1 Å². The summed E-state index contributed by atoms with van der Waals surface area (Å²) in [6, 6.07) is 8.10. The van der Waals surface area contributed by atoms with Crippen molar-refractivity contribution in [3.05, 3.63) is 24.3 Å². The summed E-state index contributed by atoms with van der Waals surface area (Å²) in [6.45, 7) is 1.04. The summed E-state index contributed by atoms with van der Waals surface area (Å²) < 4.78 is 5.11. The zero-order valence-corrected chi connectivity index (χ0v) is 10.1. The van der Waals surface area contributed by atoms with E-state index in [0.29, 0.717) is 0 Å². The van der Waals surface area contributed by atoms with Crippen LogP contribution in [-0.4, -0.2) is 26.6 Å². The number of anilines is 1. The monoisotopic (exact) mass is 227 g/mol. The number of hydrogen-bond donors (Lipinski definition) is 0. The maximum atomic E-state index is 5.64. The third kappa shape index (κ3) is 4.00. The van der Waals surface area contributed by atoms with Gasteiger partial charge in [0.25, 0.3) is 0 Å². The highest BCUT2D eigenvalue weighted by molar-refractivity contribution is 6.17. The molecule has 0 aliphatic carbocycles. The highest BCUT2D eigenvalue weighted by Gasteiger charge is 2.00. The minimum absolute atomic E-state index is 0.746. The molecular weight excluding hydrogens is 210 g/mol. The number of halogens is 1. The van der Waals surface area contributed by atoms with Crippen LogP contribution in [0.1, 0.15) is 12.8 Å². The molecule has 1 aromatic carbocycles. The van der Waals surface area contributed by atoms with Crippen LogP contribution in [0.2, 0.25) is 0 Å². The number of benzene rings is 1. The van der Waals surface area contributed by atoms with Crippen molar-refractivity contribution in [1.29, 1.82) is 0 Å². The van der Waals surface area contributed by atoms with E-state index in [9.17, 15) is 0 Å². The predicted molar refractivity (Wildman–Crippen MR) is 66.2 cm³/mol. The Hall–Kier alpha value is -0.890. The van der Waals surface area contributed by atoms with Crippen LogP contribution in [0.25, 0.3) is 0 Å². The average molecular weight is 228 g/mol. The van der Waals surface area contributed by atoms with E-state index in [1.165, 1.54) is 5.69 Å². The number of methoxy groups -OCH3 is 1. The number of alkyl halides is 1. The van der Waals surface area contributed by atoms with Crippen molar-refractivity contribution < 1.29 is 4.74 Å². The molecule has 0 heterocycles. The van der Waals surface area contributed by atoms with Crippen LogP contribution in [0.4, 0.5) is 5.69 Å². The van der Waals surface area contributed by atoms with Crippen molar-refractivity contribution in [1.82, 2.24) is 0 Å². The summed E-state index contributed by atoms with van der Waals surface area (Å²) in [5.41, 5.74) is 1.21. The Morgan fingerprint density at radius 3 is 2.40 bits per heavy atom. The summed E-state index contributed by atoms with van der Waals surface area (Å²) in [7, 11) is 3.77. The van der Waals surface area contributed by atoms with Gasteiger partial charge >= 0.3 is 0 Å². The fourth-order valence-electron chi connectivity index (χ4n) is 1.41. The van der Waals surface area contributed by atoms with Crippen molar-refractivity contribution in [2.24, 2.45) is 0 Å². The van der Waals surface area contributed by atoms with E-state index < -0.39 is 0 Å². The van der Waals surface area contributed by atoms with Gasteiger partial charge in [-0.05, 0) is 37.1 Å². The van der Waals surface area contributed by atoms with Crippen molar-refractivity contribution in [3.63, 3.8) is 0 Å². The van der Waals surface area contributed by atoms with Gasteiger partial charge in [-0.2, -0.15) is 0 Å². The van der Waals surface area contributed by atoms with Crippen LogP contribution < -0.4 is 9.64 Å². The van der Waals surface area contributed by atoms with Crippen molar-refractivity contribution in [2.45, 2.75) is 12.8 Å². The maximum absolute atomic E-state index is 5.64. The molecule has 0 saturated carbocycles. The Labute approximate surface area is 96.8 Å². The molecule has 0 N–H and O–H groups in total. The predicted octanol–water partition coefficient (Wildman–Crippen LogP) is 3.15. The van der Waals surface area contributed by atoms with Gasteiger partial charge in [-0.15, -0.1) is 11.6 Å². The zero-order valence-electron chi connectivity index (χ0n) is 9.37.